The number of nitrogens with zero attached hydrogens (tertiary/aromatic N) is 2. The highest BCUT2D eigenvalue weighted by molar-refractivity contribution is 7.24. The van der Waals surface area contributed by atoms with Crippen LogP contribution in [0.1, 0.15) is 9.75 Å². The molecule has 0 fully saturated rings. The van der Waals surface area contributed by atoms with Crippen LogP contribution < -0.4 is 0 Å². The third-order valence-corrected chi connectivity index (χ3v) is 3.65. The van der Waals surface area contributed by atoms with Gasteiger partial charge in [0, 0.05) is 5.39 Å². The first-order chi connectivity index (χ1) is 6.26. The van der Waals surface area contributed by atoms with Crippen LogP contribution in [0.15, 0.2) is 6.07 Å². The van der Waals surface area contributed by atoms with Gasteiger partial charge in [0.2, 0.25) is 0 Å². The van der Waals surface area contributed by atoms with E-state index in [0.29, 0.717) is 19.8 Å². The highest BCUT2D eigenvalue weighted by Gasteiger charge is 2.14. The second-order valence-corrected chi connectivity index (χ2v) is 4.30. The highest BCUT2D eigenvalue weighted by atomic mass is 32.1. The maximum atomic E-state index is 12.8. The van der Waals surface area contributed by atoms with E-state index < -0.39 is 0 Å². The molecule has 0 aliphatic heterocycles. The highest BCUT2D eigenvalue weighted by Crippen LogP contribution is 2.35. The molecule has 62 valence electrons. The SMILES string of the molecule is N#Cc1sc(C#N)c2sc(F)cc12. The van der Waals surface area contributed by atoms with Crippen molar-refractivity contribution in [2.75, 3.05) is 0 Å². The van der Waals surface area contributed by atoms with Crippen LogP contribution in [0.4, 0.5) is 4.39 Å². The summed E-state index contributed by atoms with van der Waals surface area (Å²) in [7, 11) is 0. The molecule has 2 aromatic heterocycles. The fourth-order valence-corrected chi connectivity index (χ4v) is 2.92. The van der Waals surface area contributed by atoms with E-state index in [-0.39, 0.29) is 5.13 Å². The Labute approximate surface area is 81.1 Å². The molecule has 2 heterocycles. The van der Waals surface area contributed by atoms with Gasteiger partial charge in [-0.25, -0.2) is 0 Å². The van der Waals surface area contributed by atoms with Crippen LogP contribution in [-0.2, 0) is 0 Å². The Morgan fingerprint density at radius 1 is 1.15 bits per heavy atom. The van der Waals surface area contributed by atoms with Gasteiger partial charge >= 0.3 is 0 Å². The molecule has 0 bridgehead atoms. The van der Waals surface area contributed by atoms with E-state index in [1.165, 1.54) is 6.07 Å². The lowest BCUT2D eigenvalue weighted by Gasteiger charge is -1.74. The first kappa shape index (κ1) is 8.18. The van der Waals surface area contributed by atoms with Crippen molar-refractivity contribution in [3.05, 3.63) is 21.0 Å². The topological polar surface area (TPSA) is 47.6 Å². The molecule has 0 saturated heterocycles. The molecule has 0 aromatic carbocycles. The predicted octanol–water partition coefficient (Wildman–Crippen LogP) is 2.85. The van der Waals surface area contributed by atoms with Gasteiger partial charge in [0.1, 0.15) is 21.9 Å². The number of fused-ring (bicyclic) bond motifs is 1. The van der Waals surface area contributed by atoms with Crippen LogP contribution in [0.5, 0.6) is 0 Å². The minimum absolute atomic E-state index is 0.356. The molecule has 0 aliphatic carbocycles. The Morgan fingerprint density at radius 2 is 1.85 bits per heavy atom. The molecule has 0 atom stereocenters. The first-order valence-electron chi connectivity index (χ1n) is 3.28. The molecule has 2 aromatic rings. The van der Waals surface area contributed by atoms with E-state index in [1.54, 1.807) is 0 Å². The number of thiophene rings is 2. The summed E-state index contributed by atoms with van der Waals surface area (Å²) in [5.41, 5.74) is 0. The third kappa shape index (κ3) is 1.10. The molecule has 13 heavy (non-hydrogen) atoms. The average molecular weight is 208 g/mol. The van der Waals surface area contributed by atoms with Gasteiger partial charge in [0.05, 0.1) is 4.70 Å². The lowest BCUT2D eigenvalue weighted by atomic mass is 10.3. The Kier molecular flexibility index (Phi) is 1.77. The number of rotatable bonds is 0. The van der Waals surface area contributed by atoms with E-state index in [1.807, 2.05) is 12.1 Å². The summed E-state index contributed by atoms with van der Waals surface area (Å²) in [6.07, 6.45) is 0. The largest absolute Gasteiger partial charge is 0.195 e. The van der Waals surface area contributed by atoms with Gasteiger partial charge < -0.3 is 0 Å². The summed E-state index contributed by atoms with van der Waals surface area (Å²) in [4.78, 5) is 0.826. The van der Waals surface area contributed by atoms with Gasteiger partial charge in [-0.3, -0.25) is 0 Å². The molecule has 0 amide bonds. The van der Waals surface area contributed by atoms with E-state index in [2.05, 4.69) is 0 Å². The number of halogens is 1. The van der Waals surface area contributed by atoms with Crippen LogP contribution >= 0.6 is 22.7 Å². The van der Waals surface area contributed by atoms with Crippen molar-refractivity contribution in [3.8, 4) is 12.1 Å². The summed E-state index contributed by atoms with van der Waals surface area (Å²) in [6, 6.07) is 5.20. The number of hydrogen-bond donors (Lipinski definition) is 0. The number of nitriles is 2. The summed E-state index contributed by atoms with van der Waals surface area (Å²) in [6.45, 7) is 0. The van der Waals surface area contributed by atoms with Crippen molar-refractivity contribution in [2.45, 2.75) is 0 Å². The van der Waals surface area contributed by atoms with Gasteiger partial charge in [-0.1, -0.05) is 0 Å². The first-order valence-corrected chi connectivity index (χ1v) is 4.91. The Balaban J connectivity index is 2.92. The zero-order valence-corrected chi connectivity index (χ0v) is 7.80. The quantitative estimate of drug-likeness (QED) is 0.668. The van der Waals surface area contributed by atoms with Crippen molar-refractivity contribution in [3.63, 3.8) is 0 Å². The Hall–Kier alpha value is -1.43. The van der Waals surface area contributed by atoms with Crippen LogP contribution in [-0.4, -0.2) is 0 Å². The van der Waals surface area contributed by atoms with Gasteiger partial charge in [-0.05, 0) is 6.07 Å². The van der Waals surface area contributed by atoms with Gasteiger partial charge in [-0.15, -0.1) is 22.7 Å². The predicted molar refractivity (Wildman–Crippen MR) is 49.1 cm³/mol. The minimum atomic E-state index is -0.356. The van der Waals surface area contributed by atoms with Crippen molar-refractivity contribution in [1.82, 2.24) is 0 Å². The lowest BCUT2D eigenvalue weighted by molar-refractivity contribution is 0.658. The van der Waals surface area contributed by atoms with Crippen molar-refractivity contribution < 1.29 is 4.39 Å². The maximum Gasteiger partial charge on any atom is 0.177 e. The average Bonchev–Trinajstić information content (AvgIpc) is 2.61. The smallest absolute Gasteiger partial charge is 0.177 e. The van der Waals surface area contributed by atoms with Crippen LogP contribution in [0, 0.1) is 27.8 Å². The second-order valence-electron chi connectivity index (χ2n) is 2.28. The summed E-state index contributed by atoms with van der Waals surface area (Å²) in [5, 5.41) is 17.6. The maximum absolute atomic E-state index is 12.8. The van der Waals surface area contributed by atoms with E-state index in [9.17, 15) is 4.39 Å². The Morgan fingerprint density at radius 3 is 2.46 bits per heavy atom. The zero-order chi connectivity index (χ0) is 9.42. The van der Waals surface area contributed by atoms with Crippen molar-refractivity contribution in [2.24, 2.45) is 0 Å². The van der Waals surface area contributed by atoms with Crippen LogP contribution in [0.2, 0.25) is 0 Å². The molecular weight excluding hydrogens is 207 g/mol. The summed E-state index contributed by atoms with van der Waals surface area (Å²) >= 11 is 2.02. The molecular formula is C8HFN2S2. The molecule has 2 nitrogen and oxygen atoms in total. The minimum Gasteiger partial charge on any atom is -0.195 e. The zero-order valence-electron chi connectivity index (χ0n) is 6.17. The monoisotopic (exact) mass is 208 g/mol. The Bertz CT molecular complexity index is 506. The van der Waals surface area contributed by atoms with Crippen LogP contribution in [0.3, 0.4) is 0 Å². The second kappa shape index (κ2) is 2.81. The fourth-order valence-electron chi connectivity index (χ4n) is 1.06. The van der Waals surface area contributed by atoms with Crippen molar-refractivity contribution >= 4 is 32.8 Å². The molecule has 0 aliphatic rings. The molecule has 0 N–H and O–H groups in total. The third-order valence-electron chi connectivity index (χ3n) is 1.56. The molecule has 5 heteroatoms. The molecule has 0 radical (unpaired) electrons. The van der Waals surface area contributed by atoms with Gasteiger partial charge in [0.25, 0.3) is 0 Å². The van der Waals surface area contributed by atoms with E-state index >= 15 is 0 Å². The van der Waals surface area contributed by atoms with Gasteiger partial charge in [-0.2, -0.15) is 14.9 Å². The normalized spacial score (nSPS) is 9.77. The standard InChI is InChI=1S/C8HFN2S2/c9-7-1-4-5(2-10)12-6(3-11)8(4)13-7/h1H. The molecule has 2 rings (SSSR count). The molecule has 0 saturated carbocycles. The van der Waals surface area contributed by atoms with Crippen LogP contribution in [0.25, 0.3) is 10.1 Å². The van der Waals surface area contributed by atoms with Gasteiger partial charge in [0.15, 0.2) is 5.13 Å². The molecule has 0 spiro atoms. The number of hydrogen-bond acceptors (Lipinski definition) is 4. The fraction of sp³-hybridized carbons (Fsp3) is 0. The summed E-state index contributed by atoms with van der Waals surface area (Å²) < 4.78 is 13.4. The molecule has 0 unspecified atom stereocenters. The lowest BCUT2D eigenvalue weighted by Crippen LogP contribution is -1.59. The van der Waals surface area contributed by atoms with E-state index in [4.69, 9.17) is 10.5 Å². The van der Waals surface area contributed by atoms with Crippen molar-refractivity contribution in [1.29, 1.82) is 10.5 Å². The van der Waals surface area contributed by atoms with E-state index in [0.717, 1.165) is 22.7 Å². The summed E-state index contributed by atoms with van der Waals surface area (Å²) in [5.74, 6) is 0.